The number of likely N-dealkylation sites (N-methyl/N-ethyl adjacent to an activating group) is 1. The molecule has 1 aromatic rings. The lowest BCUT2D eigenvalue weighted by molar-refractivity contribution is -0.385. The van der Waals surface area contributed by atoms with Crippen LogP contribution in [0.5, 0.6) is 0 Å². The molecule has 0 radical (unpaired) electrons. The Balaban J connectivity index is 1.55. The average Bonchev–Trinajstić information content (AvgIpc) is 2.80. The van der Waals surface area contributed by atoms with Crippen LogP contribution in [0.3, 0.4) is 0 Å². The van der Waals surface area contributed by atoms with Gasteiger partial charge in [-0.05, 0) is 26.0 Å². The van der Waals surface area contributed by atoms with Gasteiger partial charge < -0.3 is 14.5 Å². The highest BCUT2D eigenvalue weighted by Gasteiger charge is 2.34. The minimum atomic E-state index is -3.85. The van der Waals surface area contributed by atoms with E-state index in [-0.39, 0.29) is 23.7 Å². The van der Waals surface area contributed by atoms with E-state index in [1.165, 1.54) is 16.4 Å². The van der Waals surface area contributed by atoms with Gasteiger partial charge >= 0.3 is 0 Å². The summed E-state index contributed by atoms with van der Waals surface area (Å²) in [6.07, 6.45) is 1.91. The zero-order valence-electron chi connectivity index (χ0n) is 18.0. The molecule has 172 valence electrons. The lowest BCUT2D eigenvalue weighted by atomic mass is 10.0. The molecule has 0 amide bonds. The van der Waals surface area contributed by atoms with Crippen LogP contribution in [0.1, 0.15) is 12.8 Å². The first-order chi connectivity index (χ1) is 14.9. The molecule has 0 aliphatic carbocycles. The SMILES string of the molecule is CN1CCN(C2CCN(c3ccc([N+](=O)[O-])cc3S(=O)(=O)N3CCOCC3)CC2)CC1. The maximum atomic E-state index is 13.4. The molecule has 3 aliphatic rings. The van der Waals surface area contributed by atoms with Crippen molar-refractivity contribution in [3.8, 4) is 0 Å². The second kappa shape index (κ2) is 9.37. The number of morpholine rings is 1. The van der Waals surface area contributed by atoms with Crippen LogP contribution in [0.2, 0.25) is 0 Å². The lowest BCUT2D eigenvalue weighted by Crippen LogP contribution is -2.52. The Morgan fingerprint density at radius 3 is 2.26 bits per heavy atom. The number of hydrogen-bond acceptors (Lipinski definition) is 8. The number of nitrogens with zero attached hydrogens (tertiary/aromatic N) is 5. The maximum absolute atomic E-state index is 13.4. The lowest BCUT2D eigenvalue weighted by Gasteiger charge is -2.43. The number of nitro benzene ring substituents is 1. The molecular weight excluding hydrogens is 422 g/mol. The monoisotopic (exact) mass is 453 g/mol. The number of piperazine rings is 1. The largest absolute Gasteiger partial charge is 0.379 e. The van der Waals surface area contributed by atoms with Crippen LogP contribution in [0.25, 0.3) is 0 Å². The van der Waals surface area contributed by atoms with Crippen molar-refractivity contribution in [1.82, 2.24) is 14.1 Å². The van der Waals surface area contributed by atoms with Crippen LogP contribution in [0.15, 0.2) is 23.1 Å². The molecule has 0 spiro atoms. The summed E-state index contributed by atoms with van der Waals surface area (Å²) in [4.78, 5) is 17.8. The first-order valence-corrected chi connectivity index (χ1v) is 12.3. The number of hydrogen-bond donors (Lipinski definition) is 0. The van der Waals surface area contributed by atoms with Gasteiger partial charge in [-0.25, -0.2) is 8.42 Å². The van der Waals surface area contributed by atoms with Crippen LogP contribution in [-0.4, -0.2) is 106 Å². The van der Waals surface area contributed by atoms with E-state index in [0.717, 1.165) is 52.1 Å². The Bertz CT molecular complexity index is 889. The highest BCUT2D eigenvalue weighted by molar-refractivity contribution is 7.89. The predicted molar refractivity (Wildman–Crippen MR) is 117 cm³/mol. The highest BCUT2D eigenvalue weighted by Crippen LogP contribution is 2.34. The maximum Gasteiger partial charge on any atom is 0.270 e. The second-order valence-corrected chi connectivity index (χ2v) is 10.4. The number of nitro groups is 1. The summed E-state index contributed by atoms with van der Waals surface area (Å²) in [7, 11) is -1.70. The number of piperidine rings is 1. The van der Waals surface area contributed by atoms with Crippen molar-refractivity contribution in [2.75, 3.05) is 77.5 Å². The first-order valence-electron chi connectivity index (χ1n) is 10.9. The fourth-order valence-corrected chi connectivity index (χ4v) is 6.31. The van der Waals surface area contributed by atoms with Crippen molar-refractivity contribution in [2.24, 2.45) is 0 Å². The third-order valence-electron chi connectivity index (χ3n) is 6.60. The van der Waals surface area contributed by atoms with E-state index in [4.69, 9.17) is 4.74 Å². The summed E-state index contributed by atoms with van der Waals surface area (Å²) < 4.78 is 33.4. The van der Waals surface area contributed by atoms with Gasteiger partial charge in [0.1, 0.15) is 4.90 Å². The quantitative estimate of drug-likeness (QED) is 0.478. The molecule has 3 heterocycles. The van der Waals surface area contributed by atoms with Crippen LogP contribution in [-0.2, 0) is 14.8 Å². The van der Waals surface area contributed by atoms with Gasteiger partial charge in [0.2, 0.25) is 10.0 Å². The van der Waals surface area contributed by atoms with Gasteiger partial charge in [-0.3, -0.25) is 15.0 Å². The van der Waals surface area contributed by atoms with Gasteiger partial charge in [-0.1, -0.05) is 0 Å². The molecule has 0 aromatic heterocycles. The van der Waals surface area contributed by atoms with Crippen molar-refractivity contribution in [3.05, 3.63) is 28.3 Å². The molecule has 3 saturated heterocycles. The Hall–Kier alpha value is -1.79. The number of benzene rings is 1. The van der Waals surface area contributed by atoms with Gasteiger partial charge in [0.15, 0.2) is 0 Å². The molecule has 31 heavy (non-hydrogen) atoms. The van der Waals surface area contributed by atoms with Crippen molar-refractivity contribution < 1.29 is 18.1 Å². The first kappa shape index (κ1) is 22.4. The summed E-state index contributed by atoms with van der Waals surface area (Å²) in [5, 5.41) is 11.3. The summed E-state index contributed by atoms with van der Waals surface area (Å²) in [6, 6.07) is 4.72. The summed E-state index contributed by atoms with van der Waals surface area (Å²) in [6.45, 7) is 6.94. The molecule has 0 N–H and O–H groups in total. The molecule has 11 heteroatoms. The standard InChI is InChI=1S/C20H31N5O5S/c1-21-8-10-22(11-9-21)17-4-6-23(7-5-17)19-3-2-18(25(26)27)16-20(19)31(28,29)24-12-14-30-15-13-24/h2-3,16-17H,4-15H2,1H3. The number of non-ortho nitro benzene ring substituents is 1. The van der Waals surface area contributed by atoms with E-state index < -0.39 is 14.9 Å². The van der Waals surface area contributed by atoms with Crippen LogP contribution in [0.4, 0.5) is 11.4 Å². The Labute approximate surface area is 183 Å². The molecule has 0 saturated carbocycles. The van der Waals surface area contributed by atoms with E-state index in [2.05, 4.69) is 21.7 Å². The van der Waals surface area contributed by atoms with Crippen LogP contribution >= 0.6 is 0 Å². The predicted octanol–water partition coefficient (Wildman–Crippen LogP) is 0.832. The van der Waals surface area contributed by atoms with E-state index in [0.29, 0.717) is 24.9 Å². The molecule has 3 aliphatic heterocycles. The summed E-state index contributed by atoms with van der Waals surface area (Å²) >= 11 is 0. The fraction of sp³-hybridized carbons (Fsp3) is 0.700. The number of sulfonamides is 1. The molecule has 3 fully saturated rings. The summed E-state index contributed by atoms with van der Waals surface area (Å²) in [5.41, 5.74) is 0.358. The normalized spacial score (nSPS) is 23.2. The molecular formula is C20H31N5O5S. The third-order valence-corrected chi connectivity index (χ3v) is 8.53. The van der Waals surface area contributed by atoms with Gasteiger partial charge in [0.05, 0.1) is 23.8 Å². The van der Waals surface area contributed by atoms with E-state index in [9.17, 15) is 18.5 Å². The van der Waals surface area contributed by atoms with Crippen molar-refractivity contribution in [2.45, 2.75) is 23.8 Å². The van der Waals surface area contributed by atoms with Crippen molar-refractivity contribution in [3.63, 3.8) is 0 Å². The van der Waals surface area contributed by atoms with Crippen molar-refractivity contribution in [1.29, 1.82) is 0 Å². The number of ether oxygens (including phenoxy) is 1. The molecule has 1 aromatic carbocycles. The second-order valence-electron chi connectivity index (χ2n) is 8.48. The third kappa shape index (κ3) is 4.85. The number of rotatable bonds is 5. The van der Waals surface area contributed by atoms with E-state index >= 15 is 0 Å². The smallest absolute Gasteiger partial charge is 0.270 e. The van der Waals surface area contributed by atoms with Gasteiger partial charge in [-0.2, -0.15) is 4.31 Å². The average molecular weight is 454 g/mol. The van der Waals surface area contributed by atoms with Gasteiger partial charge in [0.25, 0.3) is 5.69 Å². The highest BCUT2D eigenvalue weighted by atomic mass is 32.2. The minimum Gasteiger partial charge on any atom is -0.379 e. The molecule has 0 atom stereocenters. The van der Waals surface area contributed by atoms with Crippen LogP contribution in [0, 0.1) is 10.1 Å². The molecule has 4 rings (SSSR count). The molecule has 10 nitrogen and oxygen atoms in total. The van der Waals surface area contributed by atoms with E-state index in [1.807, 2.05) is 0 Å². The van der Waals surface area contributed by atoms with Crippen LogP contribution < -0.4 is 4.90 Å². The topological polar surface area (TPSA) is 99.5 Å². The zero-order valence-corrected chi connectivity index (χ0v) is 18.8. The minimum absolute atomic E-state index is 0.0293. The zero-order chi connectivity index (χ0) is 22.0. The van der Waals surface area contributed by atoms with Crippen molar-refractivity contribution >= 4 is 21.4 Å². The number of anilines is 1. The Kier molecular flexibility index (Phi) is 6.77. The molecule has 0 unspecified atom stereocenters. The van der Waals surface area contributed by atoms with Gasteiger partial charge in [0, 0.05) is 70.5 Å². The van der Waals surface area contributed by atoms with E-state index in [1.54, 1.807) is 6.07 Å². The Morgan fingerprint density at radius 1 is 1.00 bits per heavy atom. The summed E-state index contributed by atoms with van der Waals surface area (Å²) in [5.74, 6) is 0. The fourth-order valence-electron chi connectivity index (χ4n) is 4.67. The van der Waals surface area contributed by atoms with Gasteiger partial charge in [-0.15, -0.1) is 0 Å². The molecule has 0 bridgehead atoms. The Morgan fingerprint density at radius 2 is 1.65 bits per heavy atom.